The number of nitrogens with one attached hydrogen (secondary N) is 1. The van der Waals surface area contributed by atoms with Gasteiger partial charge in [-0.1, -0.05) is 30.3 Å². The Kier molecular flexibility index (Phi) is 4.50. The normalized spacial score (nSPS) is 11.6. The maximum atomic E-state index is 11.3. The first kappa shape index (κ1) is 14.5. The summed E-state index contributed by atoms with van der Waals surface area (Å²) in [5.41, 5.74) is 1.24. The first-order valence-corrected chi connectivity index (χ1v) is 6.28. The van der Waals surface area contributed by atoms with E-state index in [-0.39, 0.29) is 12.0 Å². The fourth-order valence-electron chi connectivity index (χ4n) is 1.89. The number of anilines is 1. The Balaban J connectivity index is 2.15. The highest BCUT2D eigenvalue weighted by Crippen LogP contribution is 2.13. The third-order valence-corrected chi connectivity index (χ3v) is 2.91. The summed E-state index contributed by atoms with van der Waals surface area (Å²) in [5.74, 6) is -2.12. The van der Waals surface area contributed by atoms with Crippen molar-refractivity contribution < 1.29 is 19.8 Å². The first-order valence-electron chi connectivity index (χ1n) is 6.28. The third-order valence-electron chi connectivity index (χ3n) is 2.91. The van der Waals surface area contributed by atoms with Crippen LogP contribution >= 0.6 is 0 Å². The molecule has 1 heterocycles. The molecule has 0 radical (unpaired) electrons. The Bertz CT molecular complexity index is 643. The lowest BCUT2D eigenvalue weighted by molar-refractivity contribution is -0.137. The Morgan fingerprint density at radius 2 is 1.86 bits per heavy atom. The second kappa shape index (κ2) is 6.51. The maximum absolute atomic E-state index is 11.3. The maximum Gasteiger partial charge on any atom is 0.337 e. The minimum atomic E-state index is -1.11. The monoisotopic (exact) mass is 286 g/mol. The van der Waals surface area contributed by atoms with Gasteiger partial charge in [0.05, 0.1) is 17.4 Å². The summed E-state index contributed by atoms with van der Waals surface area (Å²) in [4.78, 5) is 26.0. The molecular weight excluding hydrogens is 272 g/mol. The topological polar surface area (TPSA) is 99.5 Å². The summed E-state index contributed by atoms with van der Waals surface area (Å²) in [7, 11) is 0. The van der Waals surface area contributed by atoms with Gasteiger partial charge in [-0.3, -0.25) is 4.98 Å². The lowest BCUT2D eigenvalue weighted by atomic mass is 10.1. The third kappa shape index (κ3) is 4.04. The van der Waals surface area contributed by atoms with Crippen molar-refractivity contribution in [2.24, 2.45) is 0 Å². The van der Waals surface area contributed by atoms with Crippen LogP contribution < -0.4 is 5.32 Å². The van der Waals surface area contributed by atoms with Crippen LogP contribution in [0.1, 0.15) is 15.9 Å². The molecular formula is C15H14N2O4. The number of aliphatic carboxylic acids is 1. The number of carbonyl (C=O) groups is 2. The quantitative estimate of drug-likeness (QED) is 0.750. The first-order chi connectivity index (χ1) is 10.1. The van der Waals surface area contributed by atoms with Gasteiger partial charge in [-0.15, -0.1) is 0 Å². The van der Waals surface area contributed by atoms with Gasteiger partial charge in [0.2, 0.25) is 0 Å². The average molecular weight is 286 g/mol. The summed E-state index contributed by atoms with van der Waals surface area (Å²) in [6, 6.07) is 9.69. The van der Waals surface area contributed by atoms with Crippen molar-refractivity contribution in [1.82, 2.24) is 4.98 Å². The van der Waals surface area contributed by atoms with Crippen molar-refractivity contribution in [2.75, 3.05) is 5.32 Å². The van der Waals surface area contributed by atoms with Gasteiger partial charge in [-0.25, -0.2) is 9.59 Å². The molecule has 0 saturated carbocycles. The number of aromatic carboxylic acids is 1. The second-order valence-electron chi connectivity index (χ2n) is 4.49. The SMILES string of the molecule is O=C(O)c1cncc(NC(Cc2ccccc2)C(=O)O)c1. The number of carboxylic acid groups (broad SMARTS) is 2. The number of hydrogen-bond acceptors (Lipinski definition) is 4. The molecule has 1 aromatic heterocycles. The molecule has 0 aliphatic rings. The average Bonchev–Trinajstić information content (AvgIpc) is 2.48. The lowest BCUT2D eigenvalue weighted by Crippen LogP contribution is -2.31. The van der Waals surface area contributed by atoms with E-state index < -0.39 is 18.0 Å². The van der Waals surface area contributed by atoms with Crippen LogP contribution in [0.5, 0.6) is 0 Å². The molecule has 1 unspecified atom stereocenters. The van der Waals surface area contributed by atoms with Crippen molar-refractivity contribution >= 4 is 17.6 Å². The fraction of sp³-hybridized carbons (Fsp3) is 0.133. The highest BCUT2D eigenvalue weighted by atomic mass is 16.4. The molecule has 108 valence electrons. The zero-order chi connectivity index (χ0) is 15.2. The molecule has 0 fully saturated rings. The number of pyridine rings is 1. The second-order valence-corrected chi connectivity index (χ2v) is 4.49. The molecule has 1 aromatic carbocycles. The van der Waals surface area contributed by atoms with Crippen molar-refractivity contribution in [3.05, 3.63) is 59.9 Å². The van der Waals surface area contributed by atoms with E-state index in [1.165, 1.54) is 18.5 Å². The van der Waals surface area contributed by atoms with Crippen molar-refractivity contribution in [2.45, 2.75) is 12.5 Å². The van der Waals surface area contributed by atoms with Gasteiger partial charge in [-0.05, 0) is 11.6 Å². The molecule has 6 nitrogen and oxygen atoms in total. The zero-order valence-corrected chi connectivity index (χ0v) is 11.1. The molecule has 3 N–H and O–H groups in total. The van der Waals surface area contributed by atoms with E-state index in [0.29, 0.717) is 5.69 Å². The Hall–Kier alpha value is -2.89. The standard InChI is InChI=1S/C15H14N2O4/c18-14(19)11-7-12(9-16-8-11)17-13(15(20)21)6-10-4-2-1-3-5-10/h1-5,7-9,13,17H,6H2,(H,18,19)(H,20,21). The Labute approximate surface area is 121 Å². The predicted molar refractivity (Wildman–Crippen MR) is 76.4 cm³/mol. The number of rotatable bonds is 6. The fourth-order valence-corrected chi connectivity index (χ4v) is 1.89. The van der Waals surface area contributed by atoms with Crippen LogP contribution in [0.25, 0.3) is 0 Å². The number of aromatic nitrogens is 1. The minimum Gasteiger partial charge on any atom is -0.480 e. The van der Waals surface area contributed by atoms with E-state index in [1.54, 1.807) is 0 Å². The number of nitrogens with zero attached hydrogens (tertiary/aromatic N) is 1. The molecule has 0 aliphatic heterocycles. The van der Waals surface area contributed by atoms with Crippen molar-refractivity contribution in [3.63, 3.8) is 0 Å². The molecule has 0 amide bonds. The molecule has 1 atom stereocenters. The van der Waals surface area contributed by atoms with Crippen LogP contribution in [0, 0.1) is 0 Å². The number of carboxylic acids is 2. The van der Waals surface area contributed by atoms with Crippen LogP contribution in [-0.2, 0) is 11.2 Å². The van der Waals surface area contributed by atoms with Crippen LogP contribution in [-0.4, -0.2) is 33.2 Å². The largest absolute Gasteiger partial charge is 0.480 e. The highest BCUT2D eigenvalue weighted by Gasteiger charge is 2.18. The van der Waals surface area contributed by atoms with Gasteiger partial charge in [-0.2, -0.15) is 0 Å². The van der Waals surface area contributed by atoms with Crippen molar-refractivity contribution in [1.29, 1.82) is 0 Å². The summed E-state index contributed by atoms with van der Waals surface area (Å²) in [5, 5.41) is 21.0. The summed E-state index contributed by atoms with van der Waals surface area (Å²) >= 11 is 0. The molecule has 2 rings (SSSR count). The Morgan fingerprint density at radius 3 is 2.48 bits per heavy atom. The van der Waals surface area contributed by atoms with Gasteiger partial charge in [0.15, 0.2) is 0 Å². The highest BCUT2D eigenvalue weighted by molar-refractivity contribution is 5.88. The molecule has 21 heavy (non-hydrogen) atoms. The van der Waals surface area contributed by atoms with E-state index in [4.69, 9.17) is 5.11 Å². The zero-order valence-electron chi connectivity index (χ0n) is 11.1. The molecule has 2 aromatic rings. The number of benzene rings is 1. The predicted octanol–water partition coefficient (Wildman–Crippen LogP) is 1.89. The molecule has 0 saturated heterocycles. The van der Waals surface area contributed by atoms with E-state index in [1.807, 2.05) is 30.3 Å². The van der Waals surface area contributed by atoms with Crippen LogP contribution in [0.4, 0.5) is 5.69 Å². The summed E-state index contributed by atoms with van der Waals surface area (Å²) in [6.45, 7) is 0. The van der Waals surface area contributed by atoms with E-state index in [9.17, 15) is 14.7 Å². The summed E-state index contributed by atoms with van der Waals surface area (Å²) < 4.78 is 0. The van der Waals surface area contributed by atoms with Gasteiger partial charge < -0.3 is 15.5 Å². The summed E-state index contributed by atoms with van der Waals surface area (Å²) in [6.07, 6.45) is 2.89. The van der Waals surface area contributed by atoms with E-state index in [0.717, 1.165) is 5.56 Å². The molecule has 0 bridgehead atoms. The van der Waals surface area contributed by atoms with Crippen molar-refractivity contribution in [3.8, 4) is 0 Å². The van der Waals surface area contributed by atoms with Crippen LogP contribution in [0.3, 0.4) is 0 Å². The van der Waals surface area contributed by atoms with Gasteiger partial charge in [0, 0.05) is 12.6 Å². The molecule has 0 aliphatic carbocycles. The van der Waals surface area contributed by atoms with E-state index >= 15 is 0 Å². The van der Waals surface area contributed by atoms with Crippen LogP contribution in [0.15, 0.2) is 48.8 Å². The smallest absolute Gasteiger partial charge is 0.337 e. The van der Waals surface area contributed by atoms with Gasteiger partial charge in [0.25, 0.3) is 0 Å². The molecule has 0 spiro atoms. The minimum absolute atomic E-state index is 0.00356. The van der Waals surface area contributed by atoms with Gasteiger partial charge >= 0.3 is 11.9 Å². The van der Waals surface area contributed by atoms with Crippen LogP contribution in [0.2, 0.25) is 0 Å². The van der Waals surface area contributed by atoms with Gasteiger partial charge in [0.1, 0.15) is 6.04 Å². The lowest BCUT2D eigenvalue weighted by Gasteiger charge is -2.15. The number of hydrogen-bond donors (Lipinski definition) is 3. The van der Waals surface area contributed by atoms with E-state index in [2.05, 4.69) is 10.3 Å². The molecule has 6 heteroatoms. The Morgan fingerprint density at radius 1 is 1.14 bits per heavy atom.